The number of carbonyl (C=O) groups is 1. The quantitative estimate of drug-likeness (QED) is 0.739. The van der Waals surface area contributed by atoms with E-state index in [4.69, 9.17) is 0 Å². The monoisotopic (exact) mass is 264 g/mol. The highest BCUT2D eigenvalue weighted by atomic mass is 16.3. The van der Waals surface area contributed by atoms with Crippen LogP contribution >= 0.6 is 0 Å². The predicted molar refractivity (Wildman–Crippen MR) is 78.4 cm³/mol. The fourth-order valence-corrected chi connectivity index (χ4v) is 1.99. The number of aliphatic hydroxyl groups is 1. The summed E-state index contributed by atoms with van der Waals surface area (Å²) in [4.78, 5) is 12.2. The lowest BCUT2D eigenvalue weighted by Gasteiger charge is -2.18. The average Bonchev–Trinajstić information content (AvgIpc) is 2.27. The van der Waals surface area contributed by atoms with Gasteiger partial charge in [0.2, 0.25) is 0 Å². The number of anilines is 1. The SMILES string of the molecule is CC(O)CC(C)NC(=O)c1ccccc1NC(C)C. The maximum atomic E-state index is 12.2. The normalized spacial score (nSPS) is 14.0. The summed E-state index contributed by atoms with van der Waals surface area (Å²) in [6, 6.07) is 7.66. The van der Waals surface area contributed by atoms with Crippen LogP contribution in [-0.2, 0) is 0 Å². The molecule has 1 rings (SSSR count). The van der Waals surface area contributed by atoms with E-state index in [9.17, 15) is 9.90 Å². The van der Waals surface area contributed by atoms with Crippen molar-refractivity contribution in [2.24, 2.45) is 0 Å². The van der Waals surface area contributed by atoms with E-state index in [1.807, 2.05) is 39.0 Å². The summed E-state index contributed by atoms with van der Waals surface area (Å²) in [6.07, 6.45) is 0.130. The van der Waals surface area contributed by atoms with Crippen LogP contribution in [0.1, 0.15) is 44.5 Å². The van der Waals surface area contributed by atoms with Crippen LogP contribution in [0.25, 0.3) is 0 Å². The number of aliphatic hydroxyl groups excluding tert-OH is 1. The van der Waals surface area contributed by atoms with Crippen molar-refractivity contribution in [2.75, 3.05) is 5.32 Å². The molecule has 0 fully saturated rings. The lowest BCUT2D eigenvalue weighted by molar-refractivity contribution is 0.0924. The fraction of sp³-hybridized carbons (Fsp3) is 0.533. The highest BCUT2D eigenvalue weighted by Crippen LogP contribution is 2.16. The second kappa shape index (κ2) is 7.14. The minimum Gasteiger partial charge on any atom is -0.393 e. The van der Waals surface area contributed by atoms with Crippen molar-refractivity contribution in [3.05, 3.63) is 29.8 Å². The molecule has 4 nitrogen and oxygen atoms in total. The standard InChI is InChI=1S/C15H24N2O2/c1-10(2)16-14-8-6-5-7-13(14)15(19)17-11(3)9-12(4)18/h5-8,10-12,16,18H,9H2,1-4H3,(H,17,19). The topological polar surface area (TPSA) is 61.4 Å². The van der Waals surface area contributed by atoms with Gasteiger partial charge in [0.25, 0.3) is 5.91 Å². The minimum atomic E-state index is -0.417. The van der Waals surface area contributed by atoms with Gasteiger partial charge in [0.1, 0.15) is 0 Å². The van der Waals surface area contributed by atoms with Gasteiger partial charge in [-0.1, -0.05) is 12.1 Å². The third-order valence-electron chi connectivity index (χ3n) is 2.69. The Kier molecular flexibility index (Phi) is 5.83. The van der Waals surface area contributed by atoms with Crippen molar-refractivity contribution in [1.29, 1.82) is 0 Å². The van der Waals surface area contributed by atoms with Crippen LogP contribution in [-0.4, -0.2) is 29.2 Å². The zero-order valence-corrected chi connectivity index (χ0v) is 12.1. The second-order valence-corrected chi connectivity index (χ2v) is 5.30. The molecule has 2 unspecified atom stereocenters. The minimum absolute atomic E-state index is 0.0559. The van der Waals surface area contributed by atoms with Crippen molar-refractivity contribution in [2.45, 2.75) is 52.3 Å². The molecule has 0 aliphatic carbocycles. The lowest BCUT2D eigenvalue weighted by Crippen LogP contribution is -2.35. The molecule has 2 atom stereocenters. The van der Waals surface area contributed by atoms with E-state index in [1.54, 1.807) is 13.0 Å². The van der Waals surface area contributed by atoms with Gasteiger partial charge in [-0.15, -0.1) is 0 Å². The Labute approximate surface area is 115 Å². The molecular formula is C15H24N2O2. The summed E-state index contributed by atoms with van der Waals surface area (Å²) in [5.74, 6) is -0.114. The zero-order chi connectivity index (χ0) is 14.4. The molecule has 106 valence electrons. The molecule has 19 heavy (non-hydrogen) atoms. The third-order valence-corrected chi connectivity index (χ3v) is 2.69. The third kappa shape index (κ3) is 5.30. The van der Waals surface area contributed by atoms with Crippen LogP contribution in [0.4, 0.5) is 5.69 Å². The van der Waals surface area contributed by atoms with Crippen molar-refractivity contribution in [3.63, 3.8) is 0 Å². The van der Waals surface area contributed by atoms with Crippen molar-refractivity contribution < 1.29 is 9.90 Å². The highest BCUT2D eigenvalue weighted by Gasteiger charge is 2.14. The first kappa shape index (κ1) is 15.5. The number of nitrogens with one attached hydrogen (secondary N) is 2. The van der Waals surface area contributed by atoms with Crippen LogP contribution in [0.15, 0.2) is 24.3 Å². The van der Waals surface area contributed by atoms with E-state index in [2.05, 4.69) is 10.6 Å². The Bertz CT molecular complexity index is 416. The van der Waals surface area contributed by atoms with E-state index < -0.39 is 6.10 Å². The van der Waals surface area contributed by atoms with Gasteiger partial charge in [-0.25, -0.2) is 0 Å². The molecule has 0 radical (unpaired) electrons. The molecule has 0 bridgehead atoms. The fourth-order valence-electron chi connectivity index (χ4n) is 1.99. The Morgan fingerprint density at radius 3 is 2.42 bits per heavy atom. The number of amides is 1. The molecule has 0 heterocycles. The number of carbonyl (C=O) groups excluding carboxylic acids is 1. The summed E-state index contributed by atoms with van der Waals surface area (Å²) in [5, 5.41) is 15.5. The Balaban J connectivity index is 2.76. The number of hydrogen-bond donors (Lipinski definition) is 3. The maximum Gasteiger partial charge on any atom is 0.253 e. The van der Waals surface area contributed by atoms with E-state index in [1.165, 1.54) is 0 Å². The molecule has 0 saturated carbocycles. The van der Waals surface area contributed by atoms with E-state index >= 15 is 0 Å². The maximum absolute atomic E-state index is 12.2. The number of para-hydroxylation sites is 1. The molecular weight excluding hydrogens is 240 g/mol. The van der Waals surface area contributed by atoms with Gasteiger partial charge in [-0.05, 0) is 46.2 Å². The molecule has 1 aromatic rings. The molecule has 3 N–H and O–H groups in total. The highest BCUT2D eigenvalue weighted by molar-refractivity contribution is 5.99. The van der Waals surface area contributed by atoms with Gasteiger partial charge in [0, 0.05) is 17.8 Å². The summed E-state index contributed by atoms with van der Waals surface area (Å²) in [5.41, 5.74) is 1.47. The van der Waals surface area contributed by atoms with Gasteiger partial charge < -0.3 is 15.7 Å². The molecule has 4 heteroatoms. The van der Waals surface area contributed by atoms with Gasteiger partial charge in [0.05, 0.1) is 11.7 Å². The summed E-state index contributed by atoms with van der Waals surface area (Å²) < 4.78 is 0. The molecule has 1 amide bonds. The first-order valence-corrected chi connectivity index (χ1v) is 6.74. The summed E-state index contributed by atoms with van der Waals surface area (Å²) in [7, 11) is 0. The van der Waals surface area contributed by atoms with E-state index in [0.717, 1.165) is 5.69 Å². The number of benzene rings is 1. The number of rotatable bonds is 6. The van der Waals surface area contributed by atoms with Gasteiger partial charge in [-0.2, -0.15) is 0 Å². The molecule has 1 aromatic carbocycles. The molecule has 0 saturated heterocycles. The van der Waals surface area contributed by atoms with Gasteiger partial charge in [-0.3, -0.25) is 4.79 Å². The molecule has 0 spiro atoms. The number of hydrogen-bond acceptors (Lipinski definition) is 3. The van der Waals surface area contributed by atoms with Gasteiger partial charge in [0.15, 0.2) is 0 Å². The van der Waals surface area contributed by atoms with Crippen LogP contribution in [0, 0.1) is 0 Å². The molecule has 0 aliphatic rings. The van der Waals surface area contributed by atoms with E-state index in [0.29, 0.717) is 12.0 Å². The Morgan fingerprint density at radius 1 is 1.21 bits per heavy atom. The van der Waals surface area contributed by atoms with E-state index in [-0.39, 0.29) is 18.0 Å². The predicted octanol–water partition coefficient (Wildman–Crippen LogP) is 2.40. The average molecular weight is 264 g/mol. The lowest BCUT2D eigenvalue weighted by atomic mass is 10.1. The second-order valence-electron chi connectivity index (χ2n) is 5.30. The van der Waals surface area contributed by atoms with Crippen LogP contribution < -0.4 is 10.6 Å². The van der Waals surface area contributed by atoms with Crippen molar-refractivity contribution in [1.82, 2.24) is 5.32 Å². The summed E-state index contributed by atoms with van der Waals surface area (Å²) >= 11 is 0. The van der Waals surface area contributed by atoms with Crippen LogP contribution in [0.5, 0.6) is 0 Å². The smallest absolute Gasteiger partial charge is 0.253 e. The Hall–Kier alpha value is -1.55. The van der Waals surface area contributed by atoms with Crippen LogP contribution in [0.3, 0.4) is 0 Å². The summed E-state index contributed by atoms with van der Waals surface area (Å²) in [6.45, 7) is 7.68. The van der Waals surface area contributed by atoms with Crippen molar-refractivity contribution >= 4 is 11.6 Å². The first-order valence-electron chi connectivity index (χ1n) is 6.74. The van der Waals surface area contributed by atoms with Gasteiger partial charge >= 0.3 is 0 Å². The van der Waals surface area contributed by atoms with Crippen LogP contribution in [0.2, 0.25) is 0 Å². The zero-order valence-electron chi connectivity index (χ0n) is 12.1. The molecule has 0 aliphatic heterocycles. The molecule has 0 aromatic heterocycles. The largest absolute Gasteiger partial charge is 0.393 e. The van der Waals surface area contributed by atoms with Crippen molar-refractivity contribution in [3.8, 4) is 0 Å². The first-order chi connectivity index (χ1) is 8.90. The Morgan fingerprint density at radius 2 is 1.84 bits per heavy atom.